The van der Waals surface area contributed by atoms with E-state index in [2.05, 4.69) is 39.9 Å². The zero-order valence-corrected chi connectivity index (χ0v) is 12.9. The summed E-state index contributed by atoms with van der Waals surface area (Å²) in [6.07, 6.45) is 2.47. The quantitative estimate of drug-likeness (QED) is 0.836. The Bertz CT molecular complexity index is 394. The van der Waals surface area contributed by atoms with Crippen LogP contribution in [0.4, 0.5) is 0 Å². The predicted octanol–water partition coefficient (Wildman–Crippen LogP) is 2.42. The molecule has 1 aliphatic heterocycles. The molecule has 0 spiro atoms. The molecular weight excluding hydrogens is 347 g/mol. The molecule has 1 N–H and O–H groups in total. The summed E-state index contributed by atoms with van der Waals surface area (Å²) in [5.41, 5.74) is 0.795. The molecule has 94 valence electrons. The van der Waals surface area contributed by atoms with Gasteiger partial charge in [0.25, 0.3) is 5.91 Å². The first-order chi connectivity index (χ1) is 8.15. The molecular formula is C12H17IN2OS. The van der Waals surface area contributed by atoms with Gasteiger partial charge in [0.05, 0.1) is 8.45 Å². The van der Waals surface area contributed by atoms with Crippen LogP contribution in [0.25, 0.3) is 0 Å². The van der Waals surface area contributed by atoms with E-state index in [-0.39, 0.29) is 5.91 Å². The van der Waals surface area contributed by atoms with Crippen molar-refractivity contribution in [1.82, 2.24) is 10.2 Å². The van der Waals surface area contributed by atoms with E-state index in [1.165, 1.54) is 19.4 Å². The van der Waals surface area contributed by atoms with E-state index >= 15 is 0 Å². The Morgan fingerprint density at radius 3 is 3.18 bits per heavy atom. The van der Waals surface area contributed by atoms with Crippen molar-refractivity contribution in [2.45, 2.75) is 12.8 Å². The fourth-order valence-corrected chi connectivity index (χ4v) is 3.53. The molecule has 0 aromatic carbocycles. The summed E-state index contributed by atoms with van der Waals surface area (Å²) in [5.74, 6) is 0.674. The summed E-state index contributed by atoms with van der Waals surface area (Å²) in [6.45, 7) is 3.09. The molecule has 1 saturated heterocycles. The standard InChI is InChI=1S/C12H17IN2OS/c1-15-4-2-3-9(7-15)6-14-12(16)10-5-11(13)17-8-10/h5,8-9H,2-4,6-7H2,1H3,(H,14,16). The molecule has 0 bridgehead atoms. The van der Waals surface area contributed by atoms with E-state index in [1.54, 1.807) is 11.3 Å². The van der Waals surface area contributed by atoms with Gasteiger partial charge in [-0.1, -0.05) is 0 Å². The average molecular weight is 364 g/mol. The maximum absolute atomic E-state index is 11.9. The van der Waals surface area contributed by atoms with Crippen LogP contribution in [0, 0.1) is 8.80 Å². The van der Waals surface area contributed by atoms with Crippen LogP contribution in [0.15, 0.2) is 11.4 Å². The zero-order chi connectivity index (χ0) is 12.3. The van der Waals surface area contributed by atoms with Crippen LogP contribution < -0.4 is 5.32 Å². The lowest BCUT2D eigenvalue weighted by atomic mass is 9.98. The van der Waals surface area contributed by atoms with Gasteiger partial charge in [0, 0.05) is 18.5 Å². The van der Waals surface area contributed by atoms with E-state index in [0.29, 0.717) is 5.92 Å². The maximum Gasteiger partial charge on any atom is 0.252 e. The van der Waals surface area contributed by atoms with Gasteiger partial charge in [-0.25, -0.2) is 0 Å². The van der Waals surface area contributed by atoms with Crippen LogP contribution in [0.1, 0.15) is 23.2 Å². The molecule has 1 unspecified atom stereocenters. The van der Waals surface area contributed by atoms with Gasteiger partial charge in [-0.2, -0.15) is 0 Å². The van der Waals surface area contributed by atoms with E-state index < -0.39 is 0 Å². The van der Waals surface area contributed by atoms with E-state index in [0.717, 1.165) is 21.5 Å². The molecule has 2 rings (SSSR count). The van der Waals surface area contributed by atoms with Crippen molar-refractivity contribution in [3.05, 3.63) is 19.9 Å². The molecule has 1 amide bonds. The second-order valence-electron chi connectivity index (χ2n) is 4.62. The van der Waals surface area contributed by atoms with Crippen molar-refractivity contribution in [2.24, 2.45) is 5.92 Å². The SMILES string of the molecule is CN1CCCC(CNC(=O)c2csc(I)c2)C1. The summed E-state index contributed by atoms with van der Waals surface area (Å²) in [4.78, 5) is 14.2. The minimum absolute atomic E-state index is 0.0670. The van der Waals surface area contributed by atoms with Gasteiger partial charge in [0.1, 0.15) is 0 Å². The highest BCUT2D eigenvalue weighted by molar-refractivity contribution is 14.1. The number of nitrogens with zero attached hydrogens (tertiary/aromatic N) is 1. The minimum Gasteiger partial charge on any atom is -0.352 e. The van der Waals surface area contributed by atoms with Crippen LogP contribution in [0.3, 0.4) is 0 Å². The van der Waals surface area contributed by atoms with Gasteiger partial charge in [-0.3, -0.25) is 4.79 Å². The first-order valence-electron chi connectivity index (χ1n) is 5.86. The molecule has 1 aromatic rings. The van der Waals surface area contributed by atoms with Gasteiger partial charge in [-0.15, -0.1) is 11.3 Å². The Morgan fingerprint density at radius 1 is 1.71 bits per heavy atom. The molecule has 1 aliphatic rings. The number of thiophene rings is 1. The highest BCUT2D eigenvalue weighted by Crippen LogP contribution is 2.17. The van der Waals surface area contributed by atoms with Gasteiger partial charge in [-0.05, 0) is 61.0 Å². The Kier molecular flexibility index (Phi) is 4.81. The summed E-state index contributed by atoms with van der Waals surface area (Å²) in [7, 11) is 2.15. The lowest BCUT2D eigenvalue weighted by Crippen LogP contribution is -2.39. The fourth-order valence-electron chi connectivity index (χ4n) is 2.21. The normalized spacial score (nSPS) is 21.4. The number of hydrogen-bond acceptors (Lipinski definition) is 3. The van der Waals surface area contributed by atoms with Crippen molar-refractivity contribution < 1.29 is 4.79 Å². The second-order valence-corrected chi connectivity index (χ2v) is 7.43. The van der Waals surface area contributed by atoms with Gasteiger partial charge in [0.15, 0.2) is 0 Å². The summed E-state index contributed by atoms with van der Waals surface area (Å²) < 4.78 is 1.16. The number of amides is 1. The third-order valence-corrected chi connectivity index (χ3v) is 4.89. The highest BCUT2D eigenvalue weighted by atomic mass is 127. The van der Waals surface area contributed by atoms with Crippen molar-refractivity contribution in [2.75, 3.05) is 26.7 Å². The van der Waals surface area contributed by atoms with Crippen LogP contribution in [-0.4, -0.2) is 37.5 Å². The van der Waals surface area contributed by atoms with Gasteiger partial charge < -0.3 is 10.2 Å². The molecule has 0 aliphatic carbocycles. The van der Waals surface area contributed by atoms with E-state index in [4.69, 9.17) is 0 Å². The van der Waals surface area contributed by atoms with Gasteiger partial charge in [0.2, 0.25) is 0 Å². The Morgan fingerprint density at radius 2 is 2.53 bits per heavy atom. The van der Waals surface area contributed by atoms with Crippen molar-refractivity contribution >= 4 is 39.8 Å². The molecule has 17 heavy (non-hydrogen) atoms. The summed E-state index contributed by atoms with van der Waals surface area (Å²) in [5, 5.41) is 4.96. The topological polar surface area (TPSA) is 32.3 Å². The maximum atomic E-state index is 11.9. The third kappa shape index (κ3) is 3.93. The third-order valence-electron chi connectivity index (χ3n) is 3.10. The second kappa shape index (κ2) is 6.15. The number of carbonyl (C=O) groups is 1. The van der Waals surface area contributed by atoms with Crippen molar-refractivity contribution in [3.8, 4) is 0 Å². The number of rotatable bonds is 3. The monoisotopic (exact) mass is 364 g/mol. The van der Waals surface area contributed by atoms with E-state index in [9.17, 15) is 4.79 Å². The number of carbonyl (C=O) groups excluding carboxylic acids is 1. The number of nitrogens with one attached hydrogen (secondary N) is 1. The lowest BCUT2D eigenvalue weighted by molar-refractivity contribution is 0.0937. The smallest absolute Gasteiger partial charge is 0.252 e. The molecule has 0 saturated carbocycles. The fraction of sp³-hybridized carbons (Fsp3) is 0.583. The van der Waals surface area contributed by atoms with Crippen LogP contribution in [-0.2, 0) is 0 Å². The van der Waals surface area contributed by atoms with Crippen LogP contribution in [0.2, 0.25) is 0 Å². The Hall–Kier alpha value is -0.140. The molecule has 5 heteroatoms. The summed E-state index contributed by atoms with van der Waals surface area (Å²) in [6, 6.07) is 1.94. The number of likely N-dealkylation sites (tertiary alicyclic amines) is 1. The molecule has 1 fully saturated rings. The molecule has 0 radical (unpaired) electrons. The first kappa shape index (κ1) is 13.3. The van der Waals surface area contributed by atoms with Crippen LogP contribution >= 0.6 is 33.9 Å². The van der Waals surface area contributed by atoms with Crippen molar-refractivity contribution in [1.29, 1.82) is 0 Å². The minimum atomic E-state index is 0.0670. The lowest BCUT2D eigenvalue weighted by Gasteiger charge is -2.29. The Labute approximate surface area is 120 Å². The average Bonchev–Trinajstić information content (AvgIpc) is 2.73. The number of halogens is 1. The largest absolute Gasteiger partial charge is 0.352 e. The van der Waals surface area contributed by atoms with Crippen molar-refractivity contribution in [3.63, 3.8) is 0 Å². The number of hydrogen-bond donors (Lipinski definition) is 1. The van der Waals surface area contributed by atoms with E-state index in [1.807, 2.05) is 11.4 Å². The summed E-state index contributed by atoms with van der Waals surface area (Å²) >= 11 is 3.85. The van der Waals surface area contributed by atoms with Gasteiger partial charge >= 0.3 is 0 Å². The predicted molar refractivity (Wildman–Crippen MR) is 79.6 cm³/mol. The molecule has 1 atom stereocenters. The first-order valence-corrected chi connectivity index (χ1v) is 7.82. The number of piperidine rings is 1. The Balaban J connectivity index is 1.80. The molecule has 1 aromatic heterocycles. The molecule has 2 heterocycles. The van der Waals surface area contributed by atoms with Crippen LogP contribution in [0.5, 0.6) is 0 Å². The molecule has 3 nitrogen and oxygen atoms in total. The highest BCUT2D eigenvalue weighted by Gasteiger charge is 2.18. The zero-order valence-electron chi connectivity index (χ0n) is 9.91.